The van der Waals surface area contributed by atoms with Gasteiger partial charge in [0.05, 0.1) is 32.8 Å². The molecule has 268 valence electrons. The molecule has 0 saturated carbocycles. The van der Waals surface area contributed by atoms with Crippen molar-refractivity contribution in [1.82, 2.24) is 14.7 Å². The number of esters is 3. The molecule has 0 amide bonds. The maximum absolute atomic E-state index is 13.1. The highest BCUT2D eigenvalue weighted by Crippen LogP contribution is 2.18. The van der Waals surface area contributed by atoms with Gasteiger partial charge in [-0.25, -0.2) is 0 Å². The second-order valence-electron chi connectivity index (χ2n) is 14.6. The van der Waals surface area contributed by atoms with E-state index in [1.165, 1.54) is 0 Å². The topological polar surface area (TPSA) is 135 Å². The highest BCUT2D eigenvalue weighted by molar-refractivity contribution is 5.74. The van der Waals surface area contributed by atoms with E-state index < -0.39 is 47.3 Å². The number of likely N-dealkylation sites (N-methyl/N-ethyl adjacent to an activating group) is 1. The maximum Gasteiger partial charge on any atom is 0.320 e. The Morgan fingerprint density at radius 3 is 1.55 bits per heavy atom. The number of ether oxygens (including phenoxy) is 4. The Balaban J connectivity index is 3.44. The van der Waals surface area contributed by atoms with E-state index in [2.05, 4.69) is 0 Å². The van der Waals surface area contributed by atoms with Crippen molar-refractivity contribution < 1.29 is 43.2 Å². The third kappa shape index (κ3) is 19.9. The van der Waals surface area contributed by atoms with Gasteiger partial charge < -0.3 is 24.1 Å². The minimum absolute atomic E-state index is 0.0750. The molecule has 0 saturated heterocycles. The van der Waals surface area contributed by atoms with Gasteiger partial charge in [-0.05, 0) is 99.9 Å². The highest BCUT2D eigenvalue weighted by atomic mass is 16.6. The Morgan fingerprint density at radius 1 is 0.681 bits per heavy atom. The Labute approximate surface area is 281 Å². The van der Waals surface area contributed by atoms with Crippen LogP contribution in [-0.2, 0) is 39.8 Å². The van der Waals surface area contributed by atoms with E-state index >= 15 is 0 Å². The third-order valence-corrected chi connectivity index (χ3v) is 6.51. The van der Waals surface area contributed by atoms with Crippen LogP contribution in [0.15, 0.2) is 24.3 Å². The van der Waals surface area contributed by atoms with Crippen molar-refractivity contribution in [3.05, 3.63) is 29.8 Å². The van der Waals surface area contributed by atoms with Crippen LogP contribution in [-0.4, -0.2) is 125 Å². The van der Waals surface area contributed by atoms with Crippen LogP contribution in [0.25, 0.3) is 0 Å². The van der Waals surface area contributed by atoms with E-state index in [-0.39, 0.29) is 32.1 Å². The Kier molecular flexibility index (Phi) is 16.9. The molecular weight excluding hydrogens is 606 g/mol. The molecule has 12 heteroatoms. The summed E-state index contributed by atoms with van der Waals surface area (Å²) < 4.78 is 22.3. The summed E-state index contributed by atoms with van der Waals surface area (Å²) in [6.45, 7) is 21.3. The van der Waals surface area contributed by atoms with Crippen molar-refractivity contribution in [2.24, 2.45) is 0 Å². The molecule has 1 atom stereocenters. The SMILES string of the molecule is CCOc1ccc(CC(CN(CCN(CC)CC(=O)OC(C)(C)C)CC(=O)OC(C)(C)C)N(CC(=O)O)CC(=O)OC(C)(C)C)cc1. The van der Waals surface area contributed by atoms with Gasteiger partial charge in [0, 0.05) is 25.7 Å². The van der Waals surface area contributed by atoms with E-state index in [1.807, 2.05) is 68.7 Å². The van der Waals surface area contributed by atoms with Crippen LogP contribution in [0.5, 0.6) is 5.75 Å². The number of carbonyl (C=O) groups excluding carboxylic acids is 3. The summed E-state index contributed by atoms with van der Waals surface area (Å²) in [6.07, 6.45) is 0.378. The van der Waals surface area contributed by atoms with Crippen LogP contribution in [0.2, 0.25) is 0 Å². The number of hydrogen-bond acceptors (Lipinski definition) is 11. The lowest BCUT2D eigenvalue weighted by molar-refractivity contribution is -0.159. The molecule has 0 aliphatic rings. The number of rotatable bonds is 19. The molecule has 1 aromatic rings. The third-order valence-electron chi connectivity index (χ3n) is 6.51. The first kappa shape index (κ1) is 41.8. The minimum atomic E-state index is -1.10. The van der Waals surface area contributed by atoms with Crippen LogP contribution in [0, 0.1) is 0 Å². The summed E-state index contributed by atoms with van der Waals surface area (Å²) in [5.74, 6) is -1.73. The predicted molar refractivity (Wildman–Crippen MR) is 180 cm³/mol. The average Bonchev–Trinajstić information content (AvgIpc) is 2.87. The molecule has 0 spiro atoms. The molecule has 1 aromatic carbocycles. The molecule has 0 aliphatic carbocycles. The fraction of sp³-hybridized carbons (Fsp3) is 0.714. The van der Waals surface area contributed by atoms with Crippen molar-refractivity contribution in [3.63, 3.8) is 0 Å². The second kappa shape index (κ2) is 18.9. The number of nitrogens with zero attached hydrogens (tertiary/aromatic N) is 3. The highest BCUT2D eigenvalue weighted by Gasteiger charge is 2.30. The normalized spacial score (nSPS) is 13.1. The van der Waals surface area contributed by atoms with Gasteiger partial charge in [0.2, 0.25) is 0 Å². The lowest BCUT2D eigenvalue weighted by Gasteiger charge is -2.36. The molecule has 12 nitrogen and oxygen atoms in total. The summed E-state index contributed by atoms with van der Waals surface area (Å²) in [6, 6.07) is 6.99. The van der Waals surface area contributed by atoms with Crippen LogP contribution in [0.3, 0.4) is 0 Å². The van der Waals surface area contributed by atoms with Crippen LogP contribution in [0.1, 0.15) is 81.7 Å². The summed E-state index contributed by atoms with van der Waals surface area (Å²) >= 11 is 0. The molecule has 0 fully saturated rings. The summed E-state index contributed by atoms with van der Waals surface area (Å²) in [4.78, 5) is 56.1. The molecule has 1 N–H and O–H groups in total. The second-order valence-corrected chi connectivity index (χ2v) is 14.6. The van der Waals surface area contributed by atoms with Crippen molar-refractivity contribution >= 4 is 23.9 Å². The summed E-state index contributed by atoms with van der Waals surface area (Å²) in [7, 11) is 0. The fourth-order valence-corrected chi connectivity index (χ4v) is 4.77. The number of hydrogen-bond donors (Lipinski definition) is 1. The quantitative estimate of drug-likeness (QED) is 0.169. The van der Waals surface area contributed by atoms with Crippen LogP contribution in [0.4, 0.5) is 0 Å². The van der Waals surface area contributed by atoms with E-state index in [0.717, 1.165) is 5.56 Å². The average molecular weight is 666 g/mol. The fourth-order valence-electron chi connectivity index (χ4n) is 4.77. The van der Waals surface area contributed by atoms with E-state index in [4.69, 9.17) is 18.9 Å². The zero-order chi connectivity index (χ0) is 36.0. The standard InChI is InChI=1S/C35H59N3O9/c1-12-36(23-30(41)45-33(3,4)5)18-19-37(24-31(42)46-34(6,7)8)21-27(20-26-14-16-28(17-15-26)44-13-2)38(22-29(39)40)25-32(43)47-35(9,10)11/h14-17,27H,12-13,18-25H2,1-11H3,(H,39,40). The van der Waals surface area contributed by atoms with E-state index in [0.29, 0.717) is 38.4 Å². The van der Waals surface area contributed by atoms with E-state index in [9.17, 15) is 24.3 Å². The Bertz CT molecular complexity index is 1130. The molecule has 1 rings (SSSR count). The number of carboxylic acid groups (broad SMARTS) is 1. The first-order valence-corrected chi connectivity index (χ1v) is 16.4. The zero-order valence-corrected chi connectivity index (χ0v) is 30.5. The zero-order valence-electron chi connectivity index (χ0n) is 30.5. The first-order chi connectivity index (χ1) is 21.6. The molecular formula is C35H59N3O9. The number of carbonyl (C=O) groups is 4. The molecule has 0 heterocycles. The van der Waals surface area contributed by atoms with Crippen molar-refractivity contribution in [2.75, 3.05) is 59.0 Å². The van der Waals surface area contributed by atoms with Gasteiger partial charge in [0.1, 0.15) is 22.6 Å². The lowest BCUT2D eigenvalue weighted by Crippen LogP contribution is -2.52. The van der Waals surface area contributed by atoms with Crippen LogP contribution >= 0.6 is 0 Å². The van der Waals surface area contributed by atoms with Gasteiger partial charge in [-0.2, -0.15) is 0 Å². The smallest absolute Gasteiger partial charge is 0.320 e. The monoisotopic (exact) mass is 665 g/mol. The first-order valence-electron chi connectivity index (χ1n) is 16.4. The van der Waals surface area contributed by atoms with Gasteiger partial charge in [-0.15, -0.1) is 0 Å². The van der Waals surface area contributed by atoms with Gasteiger partial charge in [0.25, 0.3) is 0 Å². The minimum Gasteiger partial charge on any atom is -0.494 e. The van der Waals surface area contributed by atoms with Crippen molar-refractivity contribution in [3.8, 4) is 5.75 Å². The molecule has 0 aromatic heterocycles. The Hall–Kier alpha value is -3.22. The van der Waals surface area contributed by atoms with Gasteiger partial charge in [0.15, 0.2) is 0 Å². The summed E-state index contributed by atoms with van der Waals surface area (Å²) in [5.41, 5.74) is -1.18. The largest absolute Gasteiger partial charge is 0.494 e. The van der Waals surface area contributed by atoms with Crippen molar-refractivity contribution in [2.45, 2.75) is 105 Å². The predicted octanol–water partition coefficient (Wildman–Crippen LogP) is 4.03. The van der Waals surface area contributed by atoms with Gasteiger partial charge in [-0.1, -0.05) is 19.1 Å². The van der Waals surface area contributed by atoms with Gasteiger partial charge in [-0.3, -0.25) is 33.9 Å². The van der Waals surface area contributed by atoms with Crippen molar-refractivity contribution in [1.29, 1.82) is 0 Å². The molecule has 0 radical (unpaired) electrons. The molecule has 0 bridgehead atoms. The lowest BCUT2D eigenvalue weighted by atomic mass is 10.0. The number of aliphatic carboxylic acids is 1. The van der Waals surface area contributed by atoms with E-state index in [1.54, 1.807) is 46.4 Å². The molecule has 1 unspecified atom stereocenters. The molecule has 47 heavy (non-hydrogen) atoms. The summed E-state index contributed by atoms with van der Waals surface area (Å²) in [5, 5.41) is 9.87. The number of benzene rings is 1. The maximum atomic E-state index is 13.1. The Morgan fingerprint density at radius 2 is 1.13 bits per heavy atom. The van der Waals surface area contributed by atoms with Gasteiger partial charge >= 0.3 is 23.9 Å². The molecule has 0 aliphatic heterocycles. The van der Waals surface area contributed by atoms with Crippen LogP contribution < -0.4 is 4.74 Å². The number of carboxylic acids is 1.